The summed E-state index contributed by atoms with van der Waals surface area (Å²) in [5, 5.41) is 0. The van der Waals surface area contributed by atoms with Crippen LogP contribution in [0.2, 0.25) is 0 Å². The van der Waals surface area contributed by atoms with E-state index in [1.165, 1.54) is 6.07 Å². The van der Waals surface area contributed by atoms with Gasteiger partial charge in [-0.15, -0.1) is 0 Å². The molecule has 0 aliphatic carbocycles. The van der Waals surface area contributed by atoms with Crippen molar-refractivity contribution in [2.75, 3.05) is 45.3 Å². The predicted molar refractivity (Wildman–Crippen MR) is 149 cm³/mol. The second-order valence-corrected chi connectivity index (χ2v) is 9.60. The number of hydrogen-bond acceptors (Lipinski definition) is 4. The summed E-state index contributed by atoms with van der Waals surface area (Å²) in [6.07, 6.45) is -4.40. The van der Waals surface area contributed by atoms with Gasteiger partial charge in [-0.25, -0.2) is 0 Å². The number of aromatic nitrogens is 1. The van der Waals surface area contributed by atoms with Crippen molar-refractivity contribution in [2.45, 2.75) is 13.1 Å². The van der Waals surface area contributed by atoms with Gasteiger partial charge >= 0.3 is 6.18 Å². The van der Waals surface area contributed by atoms with Crippen molar-refractivity contribution < 1.29 is 27.4 Å². The molecular formula is C31H30F3N3O3. The fraction of sp³-hybridized carbons (Fsp3) is 0.258. The van der Waals surface area contributed by atoms with E-state index in [1.807, 2.05) is 64.9 Å². The van der Waals surface area contributed by atoms with Crippen LogP contribution in [0, 0.1) is 6.92 Å². The number of halogens is 3. The Labute approximate surface area is 231 Å². The van der Waals surface area contributed by atoms with Gasteiger partial charge in [-0.1, -0.05) is 36.4 Å². The van der Waals surface area contributed by atoms with Crippen LogP contribution in [0.5, 0.6) is 11.5 Å². The van der Waals surface area contributed by atoms with Gasteiger partial charge in [0.1, 0.15) is 11.5 Å². The highest BCUT2D eigenvalue weighted by Gasteiger charge is 2.32. The number of piperazine rings is 1. The summed E-state index contributed by atoms with van der Waals surface area (Å²) in [7, 11) is 3.18. The molecule has 4 aromatic rings. The number of hydrogen-bond donors (Lipinski definition) is 0. The Morgan fingerprint density at radius 3 is 2.20 bits per heavy atom. The number of anilines is 1. The molecule has 6 nitrogen and oxygen atoms in total. The van der Waals surface area contributed by atoms with Crippen molar-refractivity contribution in [3.05, 3.63) is 95.7 Å². The molecule has 0 N–H and O–H groups in total. The monoisotopic (exact) mass is 549 g/mol. The highest BCUT2D eigenvalue weighted by molar-refractivity contribution is 5.97. The van der Waals surface area contributed by atoms with Gasteiger partial charge in [0.2, 0.25) is 0 Å². The van der Waals surface area contributed by atoms with E-state index >= 15 is 0 Å². The Balaban J connectivity index is 1.45. The van der Waals surface area contributed by atoms with Crippen LogP contribution in [0.15, 0.2) is 78.9 Å². The minimum absolute atomic E-state index is 0.121. The lowest BCUT2D eigenvalue weighted by Crippen LogP contribution is -2.49. The first-order valence-corrected chi connectivity index (χ1v) is 12.9. The lowest BCUT2D eigenvalue weighted by Gasteiger charge is -2.36. The molecule has 0 bridgehead atoms. The second-order valence-electron chi connectivity index (χ2n) is 9.60. The van der Waals surface area contributed by atoms with E-state index in [0.717, 1.165) is 34.8 Å². The van der Waals surface area contributed by atoms with Crippen LogP contribution in [0.1, 0.15) is 21.6 Å². The minimum atomic E-state index is -4.40. The van der Waals surface area contributed by atoms with Gasteiger partial charge in [-0.3, -0.25) is 4.79 Å². The zero-order chi connectivity index (χ0) is 28.4. The second kappa shape index (κ2) is 11.0. The number of rotatable bonds is 6. The number of nitrogens with zero attached hydrogens (tertiary/aromatic N) is 3. The normalized spacial score (nSPS) is 13.8. The van der Waals surface area contributed by atoms with Gasteiger partial charge in [0.05, 0.1) is 36.7 Å². The van der Waals surface area contributed by atoms with Crippen molar-refractivity contribution in [1.82, 2.24) is 9.47 Å². The molecule has 0 saturated carbocycles. The number of ether oxygens (including phenoxy) is 2. The number of methoxy groups -OCH3 is 2. The van der Waals surface area contributed by atoms with Crippen molar-refractivity contribution in [2.24, 2.45) is 0 Å². The zero-order valence-corrected chi connectivity index (χ0v) is 22.5. The Morgan fingerprint density at radius 1 is 0.825 bits per heavy atom. The quantitative estimate of drug-likeness (QED) is 0.277. The van der Waals surface area contributed by atoms with Gasteiger partial charge in [0.15, 0.2) is 0 Å². The van der Waals surface area contributed by atoms with Crippen LogP contribution in [-0.4, -0.2) is 55.8 Å². The predicted octanol–water partition coefficient (Wildman–Crippen LogP) is 6.45. The van der Waals surface area contributed by atoms with Crippen LogP contribution in [0.3, 0.4) is 0 Å². The van der Waals surface area contributed by atoms with Crippen LogP contribution < -0.4 is 14.4 Å². The molecule has 0 radical (unpaired) electrons. The van der Waals surface area contributed by atoms with Crippen molar-refractivity contribution >= 4 is 11.6 Å². The Morgan fingerprint density at radius 2 is 1.55 bits per heavy atom. The van der Waals surface area contributed by atoms with Crippen LogP contribution >= 0.6 is 0 Å². The molecule has 2 heterocycles. The van der Waals surface area contributed by atoms with Gasteiger partial charge < -0.3 is 23.8 Å². The molecule has 5 rings (SSSR count). The average molecular weight is 550 g/mol. The Hall–Kier alpha value is -4.40. The maximum atomic E-state index is 13.8. The third kappa shape index (κ3) is 5.23. The van der Waals surface area contributed by atoms with E-state index in [4.69, 9.17) is 9.47 Å². The van der Waals surface area contributed by atoms with E-state index in [2.05, 4.69) is 0 Å². The average Bonchev–Trinajstić information content (AvgIpc) is 3.33. The lowest BCUT2D eigenvalue weighted by atomic mass is 10.1. The van der Waals surface area contributed by atoms with Crippen molar-refractivity contribution in [3.8, 4) is 28.4 Å². The molecule has 1 aliphatic heterocycles. The van der Waals surface area contributed by atoms with E-state index in [0.29, 0.717) is 48.9 Å². The van der Waals surface area contributed by atoms with E-state index < -0.39 is 11.7 Å². The van der Waals surface area contributed by atoms with Gasteiger partial charge in [0.25, 0.3) is 5.91 Å². The molecule has 1 fully saturated rings. The molecule has 1 aromatic heterocycles. The van der Waals surface area contributed by atoms with E-state index in [1.54, 1.807) is 31.3 Å². The minimum Gasteiger partial charge on any atom is -0.497 e. The molecular weight excluding hydrogens is 519 g/mol. The van der Waals surface area contributed by atoms with E-state index in [9.17, 15) is 18.0 Å². The molecule has 3 aromatic carbocycles. The molecule has 0 atom stereocenters. The summed E-state index contributed by atoms with van der Waals surface area (Å²) in [6.45, 7) is 3.57. The summed E-state index contributed by atoms with van der Waals surface area (Å²) >= 11 is 0. The number of carbonyl (C=O) groups is 1. The first-order chi connectivity index (χ1) is 19.2. The highest BCUT2D eigenvalue weighted by atomic mass is 19.4. The number of amides is 1. The van der Waals surface area contributed by atoms with Gasteiger partial charge in [-0.05, 0) is 48.9 Å². The van der Waals surface area contributed by atoms with Crippen molar-refractivity contribution in [3.63, 3.8) is 0 Å². The smallest absolute Gasteiger partial charge is 0.416 e. The van der Waals surface area contributed by atoms with Gasteiger partial charge in [0, 0.05) is 43.6 Å². The summed E-state index contributed by atoms with van der Waals surface area (Å²) in [4.78, 5) is 17.5. The van der Waals surface area contributed by atoms with Crippen LogP contribution in [-0.2, 0) is 6.18 Å². The first kappa shape index (κ1) is 27.2. The summed E-state index contributed by atoms with van der Waals surface area (Å²) in [5.74, 6) is 1.13. The lowest BCUT2D eigenvalue weighted by molar-refractivity contribution is -0.137. The third-order valence-electron chi connectivity index (χ3n) is 7.28. The molecule has 208 valence electrons. The highest BCUT2D eigenvalue weighted by Crippen LogP contribution is 2.36. The third-order valence-corrected chi connectivity index (χ3v) is 7.28. The molecule has 40 heavy (non-hydrogen) atoms. The zero-order valence-electron chi connectivity index (χ0n) is 22.5. The molecule has 1 aliphatic rings. The standard InChI is InChI=1S/C31H30F3N3O3/c1-21-26(30(38)36-16-14-35(15-17-36)24-11-7-10-23(18-24)31(32,33)34)20-28(22-8-5-4-6-9-22)37(21)27-13-12-25(39-2)19-29(27)40-3/h4-13,18-20H,14-17H2,1-3H3. The van der Waals surface area contributed by atoms with Gasteiger partial charge in [-0.2, -0.15) is 13.2 Å². The maximum Gasteiger partial charge on any atom is 0.416 e. The number of carbonyl (C=O) groups excluding carboxylic acids is 1. The topological polar surface area (TPSA) is 46.9 Å². The largest absolute Gasteiger partial charge is 0.497 e. The maximum absolute atomic E-state index is 13.8. The summed E-state index contributed by atoms with van der Waals surface area (Å²) in [5.41, 5.74) is 3.69. The number of alkyl halides is 3. The molecule has 0 spiro atoms. The van der Waals surface area contributed by atoms with Crippen molar-refractivity contribution in [1.29, 1.82) is 0 Å². The first-order valence-electron chi connectivity index (χ1n) is 12.9. The number of benzene rings is 3. The molecule has 1 saturated heterocycles. The fourth-order valence-electron chi connectivity index (χ4n) is 5.14. The SMILES string of the molecule is COc1ccc(-n2c(-c3ccccc3)cc(C(=O)N3CCN(c4cccc(C(F)(F)F)c4)CC3)c2C)c(OC)c1. The summed E-state index contributed by atoms with van der Waals surface area (Å²) < 4.78 is 52.7. The Bertz CT molecular complexity index is 1510. The fourth-order valence-corrected chi connectivity index (χ4v) is 5.14. The molecule has 0 unspecified atom stereocenters. The van der Waals surface area contributed by atoms with Crippen LogP contribution in [0.4, 0.5) is 18.9 Å². The summed E-state index contributed by atoms with van der Waals surface area (Å²) in [6, 6.07) is 22.6. The molecule has 9 heteroatoms. The van der Waals surface area contributed by atoms with Crippen LogP contribution in [0.25, 0.3) is 16.9 Å². The Kier molecular flexibility index (Phi) is 7.47. The van der Waals surface area contributed by atoms with E-state index in [-0.39, 0.29) is 5.91 Å². The molecule has 1 amide bonds.